The van der Waals surface area contributed by atoms with Gasteiger partial charge in [-0.3, -0.25) is 0 Å². The molecule has 0 saturated carbocycles. The molecule has 2 aliphatic rings. The number of aliphatic hydroxyl groups excluding tert-OH is 1. The van der Waals surface area contributed by atoms with Crippen LogP contribution in [0.2, 0.25) is 0 Å². The Bertz CT molecular complexity index is 1100. The van der Waals surface area contributed by atoms with Gasteiger partial charge in [-0.25, -0.2) is 0 Å². The van der Waals surface area contributed by atoms with Crippen molar-refractivity contribution in [2.24, 2.45) is 0 Å². The zero-order chi connectivity index (χ0) is 19.7. The third-order valence-electron chi connectivity index (χ3n) is 5.57. The van der Waals surface area contributed by atoms with E-state index in [0.29, 0.717) is 34.2 Å². The molecule has 1 N–H and O–H groups in total. The molecule has 0 amide bonds. The van der Waals surface area contributed by atoms with E-state index < -0.39 is 11.6 Å². The van der Waals surface area contributed by atoms with Crippen molar-refractivity contribution < 1.29 is 18.6 Å². The number of nitrogens with zero attached hydrogens (tertiary/aromatic N) is 2. The van der Waals surface area contributed by atoms with Crippen LogP contribution in [-0.4, -0.2) is 29.4 Å². The molecule has 3 aromatic rings. The molecular weight excluding hydrogens is 498 g/mol. The summed E-state index contributed by atoms with van der Waals surface area (Å²) in [6.07, 6.45) is 1.69. The van der Waals surface area contributed by atoms with Crippen molar-refractivity contribution in [3.63, 3.8) is 0 Å². The van der Waals surface area contributed by atoms with Crippen LogP contribution in [0.5, 0.6) is 0 Å². The first kappa shape index (κ1) is 18.5. The third kappa shape index (κ3) is 2.26. The molecule has 0 spiro atoms. The minimum absolute atomic E-state index is 0.0420. The number of rotatable bonds is 3. The zero-order valence-corrected chi connectivity index (χ0v) is 17.8. The Morgan fingerprint density at radius 2 is 1.82 bits per heavy atom. The minimum Gasteiger partial charge on any atom is -0.395 e. The lowest BCUT2D eigenvalue weighted by molar-refractivity contribution is -0.189. The maximum atomic E-state index is 16.0. The SMILES string of the molecule is OCCn1cc(C23OCCN2c2ccc(Br)cc2C3(F)F)c2cc(Br)ccc21. The summed E-state index contributed by atoms with van der Waals surface area (Å²) < 4.78 is 41.1. The fourth-order valence-electron chi connectivity index (χ4n) is 4.47. The average Bonchev–Trinajstić information content (AvgIpc) is 3.28. The highest BCUT2D eigenvalue weighted by atomic mass is 79.9. The molecule has 0 aliphatic carbocycles. The van der Waals surface area contributed by atoms with Gasteiger partial charge in [-0.2, -0.15) is 8.78 Å². The molecular formula is C20H16Br2F2N2O2. The van der Waals surface area contributed by atoms with E-state index in [1.54, 1.807) is 27.8 Å². The minimum atomic E-state index is -3.25. The molecule has 0 bridgehead atoms. The van der Waals surface area contributed by atoms with Crippen molar-refractivity contribution in [2.75, 3.05) is 24.7 Å². The number of anilines is 1. The second-order valence-electron chi connectivity index (χ2n) is 7.00. The normalized spacial score (nSPS) is 22.7. The van der Waals surface area contributed by atoms with Gasteiger partial charge in [-0.05, 0) is 36.4 Å². The van der Waals surface area contributed by atoms with Crippen molar-refractivity contribution in [2.45, 2.75) is 18.2 Å². The van der Waals surface area contributed by atoms with E-state index in [1.165, 1.54) is 6.07 Å². The first-order chi connectivity index (χ1) is 13.4. The average molecular weight is 514 g/mol. The first-order valence-electron chi connectivity index (χ1n) is 8.89. The molecule has 4 nitrogen and oxygen atoms in total. The van der Waals surface area contributed by atoms with Crippen LogP contribution in [0.1, 0.15) is 11.1 Å². The predicted molar refractivity (Wildman–Crippen MR) is 110 cm³/mol. The smallest absolute Gasteiger partial charge is 0.326 e. The summed E-state index contributed by atoms with van der Waals surface area (Å²) >= 11 is 6.77. The molecule has 1 fully saturated rings. The summed E-state index contributed by atoms with van der Waals surface area (Å²) in [5.41, 5.74) is -0.268. The highest BCUT2D eigenvalue weighted by Gasteiger charge is 2.69. The van der Waals surface area contributed by atoms with Crippen molar-refractivity contribution in [3.05, 3.63) is 62.7 Å². The van der Waals surface area contributed by atoms with Gasteiger partial charge in [0.25, 0.3) is 0 Å². The Hall–Kier alpha value is -1.48. The fraction of sp³-hybridized carbons (Fsp3) is 0.300. The molecule has 2 aromatic carbocycles. The summed E-state index contributed by atoms with van der Waals surface area (Å²) in [5, 5.41) is 10.1. The van der Waals surface area contributed by atoms with Crippen molar-refractivity contribution >= 4 is 48.5 Å². The van der Waals surface area contributed by atoms with Crippen LogP contribution in [-0.2, 0) is 22.9 Å². The number of hydrogen-bond donors (Lipinski definition) is 1. The van der Waals surface area contributed by atoms with Crippen LogP contribution in [0.3, 0.4) is 0 Å². The second kappa shape index (κ2) is 6.26. The number of benzene rings is 2. The summed E-state index contributed by atoms with van der Waals surface area (Å²) in [6, 6.07) is 10.5. The van der Waals surface area contributed by atoms with Crippen molar-refractivity contribution in [1.29, 1.82) is 0 Å². The molecule has 1 atom stereocenters. The molecule has 0 radical (unpaired) electrons. The number of aromatic nitrogens is 1. The Kier molecular flexibility index (Phi) is 4.14. The van der Waals surface area contributed by atoms with E-state index in [0.717, 1.165) is 9.99 Å². The summed E-state index contributed by atoms with van der Waals surface area (Å²) in [5.74, 6) is -3.25. The van der Waals surface area contributed by atoms with Crippen LogP contribution >= 0.6 is 31.9 Å². The number of ether oxygens (including phenoxy) is 1. The highest BCUT2D eigenvalue weighted by Crippen LogP contribution is 2.62. The Morgan fingerprint density at radius 1 is 1.07 bits per heavy atom. The number of hydrogen-bond acceptors (Lipinski definition) is 3. The molecule has 146 valence electrons. The summed E-state index contributed by atoms with van der Waals surface area (Å²) in [4.78, 5) is 1.67. The third-order valence-corrected chi connectivity index (χ3v) is 6.55. The van der Waals surface area contributed by atoms with E-state index in [2.05, 4.69) is 31.9 Å². The molecule has 3 heterocycles. The van der Waals surface area contributed by atoms with E-state index in [-0.39, 0.29) is 18.8 Å². The zero-order valence-electron chi connectivity index (χ0n) is 14.6. The van der Waals surface area contributed by atoms with Gasteiger partial charge in [0, 0.05) is 50.4 Å². The standard InChI is InChI=1S/C20H16Br2F2N2O2/c21-12-1-3-17-14(9-12)16(11-25(17)5-7-27)20-19(23,24)15-10-13(22)2-4-18(15)26(20)6-8-28-20/h1-4,9-11,27H,5-8H2. The van der Waals surface area contributed by atoms with Crippen LogP contribution in [0, 0.1) is 0 Å². The molecule has 2 aliphatic heterocycles. The maximum Gasteiger partial charge on any atom is 0.326 e. The first-order valence-corrected chi connectivity index (χ1v) is 10.5. The molecule has 5 rings (SSSR count). The Morgan fingerprint density at radius 3 is 2.61 bits per heavy atom. The van der Waals surface area contributed by atoms with Crippen LogP contribution in [0.25, 0.3) is 10.9 Å². The van der Waals surface area contributed by atoms with Crippen LogP contribution in [0.4, 0.5) is 14.5 Å². The van der Waals surface area contributed by atoms with E-state index in [4.69, 9.17) is 4.74 Å². The monoisotopic (exact) mass is 512 g/mol. The lowest BCUT2D eigenvalue weighted by atomic mass is 9.94. The van der Waals surface area contributed by atoms with Crippen molar-refractivity contribution in [3.8, 4) is 0 Å². The Labute approximate surface area is 177 Å². The number of fused-ring (bicyclic) bond motifs is 4. The lowest BCUT2D eigenvalue weighted by Crippen LogP contribution is -2.48. The largest absolute Gasteiger partial charge is 0.395 e. The maximum absolute atomic E-state index is 16.0. The quantitative estimate of drug-likeness (QED) is 0.538. The van der Waals surface area contributed by atoms with E-state index >= 15 is 8.78 Å². The molecule has 1 saturated heterocycles. The highest BCUT2D eigenvalue weighted by molar-refractivity contribution is 9.10. The topological polar surface area (TPSA) is 37.6 Å². The predicted octanol–water partition coefficient (Wildman–Crippen LogP) is 4.95. The summed E-state index contributed by atoms with van der Waals surface area (Å²) in [6.45, 7) is 0.829. The molecule has 8 heteroatoms. The van der Waals surface area contributed by atoms with Gasteiger partial charge in [-0.15, -0.1) is 0 Å². The van der Waals surface area contributed by atoms with Gasteiger partial charge >= 0.3 is 5.92 Å². The van der Waals surface area contributed by atoms with Gasteiger partial charge in [-0.1, -0.05) is 31.9 Å². The fourth-order valence-corrected chi connectivity index (χ4v) is 5.19. The number of halogens is 4. The van der Waals surface area contributed by atoms with E-state index in [1.807, 2.05) is 18.2 Å². The van der Waals surface area contributed by atoms with Gasteiger partial charge < -0.3 is 19.3 Å². The molecule has 1 aromatic heterocycles. The number of alkyl halides is 2. The lowest BCUT2D eigenvalue weighted by Gasteiger charge is -2.36. The molecule has 1 unspecified atom stereocenters. The van der Waals surface area contributed by atoms with Gasteiger partial charge in [0.1, 0.15) is 0 Å². The van der Waals surface area contributed by atoms with E-state index in [9.17, 15) is 5.11 Å². The Balaban J connectivity index is 1.82. The number of aliphatic hydroxyl groups is 1. The second-order valence-corrected chi connectivity index (χ2v) is 8.83. The van der Waals surface area contributed by atoms with Gasteiger partial charge in [0.2, 0.25) is 5.72 Å². The van der Waals surface area contributed by atoms with Gasteiger partial charge in [0.15, 0.2) is 0 Å². The van der Waals surface area contributed by atoms with Crippen LogP contribution in [0.15, 0.2) is 51.5 Å². The van der Waals surface area contributed by atoms with Crippen LogP contribution < -0.4 is 4.90 Å². The summed E-state index contributed by atoms with van der Waals surface area (Å²) in [7, 11) is 0. The van der Waals surface area contributed by atoms with Crippen molar-refractivity contribution in [1.82, 2.24) is 4.57 Å². The van der Waals surface area contributed by atoms with Gasteiger partial charge in [0.05, 0.1) is 18.8 Å². The molecule has 28 heavy (non-hydrogen) atoms.